The van der Waals surface area contributed by atoms with Crippen LogP contribution >= 0.6 is 0 Å². The van der Waals surface area contributed by atoms with Crippen molar-refractivity contribution < 1.29 is 14.7 Å². The number of aromatic nitrogens is 3. The molecule has 1 heterocycles. The molecule has 0 spiro atoms. The van der Waals surface area contributed by atoms with E-state index in [1.54, 1.807) is 0 Å². The van der Waals surface area contributed by atoms with Gasteiger partial charge in [0.15, 0.2) is 0 Å². The van der Waals surface area contributed by atoms with Crippen LogP contribution in [-0.4, -0.2) is 38.7 Å². The molecule has 0 aromatic carbocycles. The fourth-order valence-corrected chi connectivity index (χ4v) is 1.64. The third-order valence-corrected chi connectivity index (χ3v) is 3.29. The zero-order chi connectivity index (χ0) is 14.3. The van der Waals surface area contributed by atoms with Crippen molar-refractivity contribution in [2.24, 2.45) is 5.41 Å². The summed E-state index contributed by atoms with van der Waals surface area (Å²) in [5.41, 5.74) is -0.997. The molecule has 7 heteroatoms. The molecule has 1 aliphatic carbocycles. The Hall–Kier alpha value is -1.92. The van der Waals surface area contributed by atoms with Gasteiger partial charge in [-0.25, -0.2) is 4.98 Å². The van der Waals surface area contributed by atoms with Crippen LogP contribution in [0.25, 0.3) is 0 Å². The summed E-state index contributed by atoms with van der Waals surface area (Å²) in [6.07, 6.45) is 1.20. The summed E-state index contributed by atoms with van der Waals surface area (Å²) in [7, 11) is 0. The Morgan fingerprint density at radius 3 is 2.47 bits per heavy atom. The minimum absolute atomic E-state index is 0.0473. The van der Waals surface area contributed by atoms with Gasteiger partial charge in [0.25, 0.3) is 5.91 Å². The molecule has 19 heavy (non-hydrogen) atoms. The maximum Gasteiger partial charge on any atom is 0.311 e. The third kappa shape index (κ3) is 2.74. The van der Waals surface area contributed by atoms with E-state index in [4.69, 9.17) is 5.11 Å². The number of hydrogen-bond acceptors (Lipinski definition) is 4. The first kappa shape index (κ1) is 13.5. The second kappa shape index (κ2) is 4.32. The van der Waals surface area contributed by atoms with Crippen molar-refractivity contribution in [1.82, 2.24) is 20.5 Å². The highest BCUT2D eigenvalue weighted by Gasteiger charge is 2.50. The predicted octanol–water partition coefficient (Wildman–Crippen LogP) is 0.697. The van der Waals surface area contributed by atoms with Crippen LogP contribution in [0.5, 0.6) is 0 Å². The van der Waals surface area contributed by atoms with Gasteiger partial charge in [0.2, 0.25) is 5.82 Å². The predicted molar refractivity (Wildman–Crippen MR) is 66.7 cm³/mol. The van der Waals surface area contributed by atoms with Gasteiger partial charge >= 0.3 is 5.97 Å². The second-order valence-corrected chi connectivity index (χ2v) is 6.03. The normalized spacial score (nSPS) is 17.0. The van der Waals surface area contributed by atoms with Crippen molar-refractivity contribution in [2.45, 2.75) is 39.0 Å². The summed E-state index contributed by atoms with van der Waals surface area (Å²) >= 11 is 0. The zero-order valence-corrected chi connectivity index (χ0v) is 11.3. The molecule has 0 atom stereocenters. The summed E-state index contributed by atoms with van der Waals surface area (Å²) in [4.78, 5) is 26.9. The molecule has 0 aliphatic heterocycles. The number of nitrogens with zero attached hydrogens (tertiary/aromatic N) is 2. The topological polar surface area (TPSA) is 108 Å². The van der Waals surface area contributed by atoms with Crippen LogP contribution in [0.3, 0.4) is 0 Å². The number of H-pyrrole nitrogens is 1. The molecule has 1 aliphatic rings. The monoisotopic (exact) mass is 266 g/mol. The van der Waals surface area contributed by atoms with E-state index in [0.29, 0.717) is 18.7 Å². The number of aliphatic carboxylic acids is 1. The molecule has 1 amide bonds. The average molecular weight is 266 g/mol. The summed E-state index contributed by atoms with van der Waals surface area (Å²) in [5, 5.41) is 18.2. The van der Waals surface area contributed by atoms with E-state index in [1.165, 1.54) is 0 Å². The van der Waals surface area contributed by atoms with Gasteiger partial charge in [-0.05, 0) is 12.8 Å². The molecule has 1 aromatic rings. The molecule has 0 radical (unpaired) electrons. The van der Waals surface area contributed by atoms with Gasteiger partial charge in [0.05, 0.1) is 5.41 Å². The van der Waals surface area contributed by atoms with Crippen LogP contribution in [-0.2, 0) is 10.2 Å². The first-order valence-electron chi connectivity index (χ1n) is 6.19. The van der Waals surface area contributed by atoms with Crippen LogP contribution in [0.15, 0.2) is 0 Å². The van der Waals surface area contributed by atoms with Crippen molar-refractivity contribution in [1.29, 1.82) is 0 Å². The number of carbonyl (C=O) groups is 2. The van der Waals surface area contributed by atoms with Gasteiger partial charge in [-0.3, -0.25) is 14.7 Å². The Labute approximate surface area is 110 Å². The number of amides is 1. The highest BCUT2D eigenvalue weighted by Crippen LogP contribution is 2.45. The van der Waals surface area contributed by atoms with Crippen LogP contribution in [0.2, 0.25) is 0 Å². The van der Waals surface area contributed by atoms with Gasteiger partial charge in [0.1, 0.15) is 5.82 Å². The lowest BCUT2D eigenvalue weighted by molar-refractivity contribution is -0.143. The smallest absolute Gasteiger partial charge is 0.311 e. The summed E-state index contributed by atoms with van der Waals surface area (Å²) in [5.74, 6) is -0.638. The van der Waals surface area contributed by atoms with E-state index in [2.05, 4.69) is 20.5 Å². The van der Waals surface area contributed by atoms with E-state index in [-0.39, 0.29) is 17.8 Å². The third-order valence-electron chi connectivity index (χ3n) is 3.29. The van der Waals surface area contributed by atoms with Crippen LogP contribution in [0.1, 0.15) is 50.1 Å². The first-order valence-corrected chi connectivity index (χ1v) is 6.19. The molecule has 7 nitrogen and oxygen atoms in total. The Bertz CT molecular complexity index is 511. The summed E-state index contributed by atoms with van der Waals surface area (Å²) in [6, 6.07) is 0. The van der Waals surface area contributed by atoms with Crippen molar-refractivity contribution in [3.05, 3.63) is 11.6 Å². The fourth-order valence-electron chi connectivity index (χ4n) is 1.64. The van der Waals surface area contributed by atoms with E-state index in [1.807, 2.05) is 20.8 Å². The van der Waals surface area contributed by atoms with E-state index < -0.39 is 17.3 Å². The number of carboxylic acids is 1. The summed E-state index contributed by atoms with van der Waals surface area (Å²) in [6.45, 7) is 6.00. The van der Waals surface area contributed by atoms with Crippen molar-refractivity contribution in [2.75, 3.05) is 6.54 Å². The molecule has 2 rings (SSSR count). The first-order chi connectivity index (χ1) is 8.74. The molecule has 1 fully saturated rings. The van der Waals surface area contributed by atoms with Gasteiger partial charge in [-0.15, -0.1) is 5.10 Å². The number of carboxylic acid groups (broad SMARTS) is 1. The number of nitrogens with one attached hydrogen (secondary N) is 2. The largest absolute Gasteiger partial charge is 0.481 e. The van der Waals surface area contributed by atoms with E-state index >= 15 is 0 Å². The Balaban J connectivity index is 1.97. The number of aromatic amines is 1. The second-order valence-electron chi connectivity index (χ2n) is 6.03. The Morgan fingerprint density at radius 2 is 2.05 bits per heavy atom. The lowest BCUT2D eigenvalue weighted by Gasteiger charge is -2.13. The molecule has 3 N–H and O–H groups in total. The minimum atomic E-state index is -0.863. The SMILES string of the molecule is CC(C)(C)c1nc(C(=O)NCC2(C(=O)O)CC2)n[nH]1. The van der Waals surface area contributed by atoms with Crippen molar-refractivity contribution >= 4 is 11.9 Å². The lowest BCUT2D eigenvalue weighted by atomic mass is 9.96. The molecule has 1 aromatic heterocycles. The Kier molecular flexibility index (Phi) is 3.07. The highest BCUT2D eigenvalue weighted by molar-refractivity contribution is 5.91. The molecule has 0 bridgehead atoms. The van der Waals surface area contributed by atoms with Gasteiger partial charge in [-0.2, -0.15) is 0 Å². The van der Waals surface area contributed by atoms with Crippen molar-refractivity contribution in [3.63, 3.8) is 0 Å². The number of hydrogen-bond donors (Lipinski definition) is 3. The molecular weight excluding hydrogens is 248 g/mol. The molecule has 1 saturated carbocycles. The molecule has 0 unspecified atom stereocenters. The van der Waals surface area contributed by atoms with Crippen LogP contribution in [0, 0.1) is 5.41 Å². The van der Waals surface area contributed by atoms with Gasteiger partial charge in [-0.1, -0.05) is 20.8 Å². The van der Waals surface area contributed by atoms with E-state index in [9.17, 15) is 9.59 Å². The lowest BCUT2D eigenvalue weighted by Crippen LogP contribution is -2.34. The fraction of sp³-hybridized carbons (Fsp3) is 0.667. The zero-order valence-electron chi connectivity index (χ0n) is 11.3. The highest BCUT2D eigenvalue weighted by atomic mass is 16.4. The quantitative estimate of drug-likeness (QED) is 0.743. The molecule has 0 saturated heterocycles. The maximum atomic E-state index is 11.8. The Morgan fingerprint density at radius 1 is 1.42 bits per heavy atom. The average Bonchev–Trinajstić information content (AvgIpc) is 2.92. The van der Waals surface area contributed by atoms with Crippen LogP contribution < -0.4 is 5.32 Å². The number of rotatable bonds is 4. The van der Waals surface area contributed by atoms with Crippen LogP contribution in [0.4, 0.5) is 0 Å². The van der Waals surface area contributed by atoms with E-state index in [0.717, 1.165) is 0 Å². The van der Waals surface area contributed by atoms with Crippen molar-refractivity contribution in [3.8, 4) is 0 Å². The maximum absolute atomic E-state index is 11.8. The number of carbonyl (C=O) groups excluding carboxylic acids is 1. The minimum Gasteiger partial charge on any atom is -0.481 e. The molecule has 104 valence electrons. The van der Waals surface area contributed by atoms with Gasteiger partial charge in [0, 0.05) is 12.0 Å². The standard InChI is InChI=1S/C12H18N4O3/c1-11(2,3)9-14-7(15-16-9)8(17)13-6-12(4-5-12)10(18)19/h4-6H2,1-3H3,(H,13,17)(H,18,19)(H,14,15,16). The summed E-state index contributed by atoms with van der Waals surface area (Å²) < 4.78 is 0. The van der Waals surface area contributed by atoms with Gasteiger partial charge < -0.3 is 10.4 Å². The molecular formula is C12H18N4O3.